The van der Waals surface area contributed by atoms with E-state index in [2.05, 4.69) is 35.2 Å². The smallest absolute Gasteiger partial charge is 0.128 e. The van der Waals surface area contributed by atoms with Gasteiger partial charge in [-0.2, -0.15) is 0 Å². The summed E-state index contributed by atoms with van der Waals surface area (Å²) in [6.45, 7) is 3.09. The predicted octanol–water partition coefficient (Wildman–Crippen LogP) is 3.51. The van der Waals surface area contributed by atoms with Gasteiger partial charge < -0.3 is 15.2 Å². The van der Waals surface area contributed by atoms with Gasteiger partial charge in [-0.3, -0.25) is 4.90 Å². The highest BCUT2D eigenvalue weighted by atomic mass is 16.5. The van der Waals surface area contributed by atoms with Gasteiger partial charge in [0.2, 0.25) is 0 Å². The number of rotatable bonds is 3. The van der Waals surface area contributed by atoms with Crippen molar-refractivity contribution in [1.29, 1.82) is 0 Å². The molecule has 2 aromatic carbocycles. The van der Waals surface area contributed by atoms with Gasteiger partial charge >= 0.3 is 0 Å². The van der Waals surface area contributed by atoms with E-state index in [1.165, 1.54) is 5.56 Å². The SMILES string of the molecule is COc1ccc2c(c1)OC1(CCN(Cc3ccccc3)CC1)CC2N. The lowest BCUT2D eigenvalue weighted by Gasteiger charge is -2.46. The summed E-state index contributed by atoms with van der Waals surface area (Å²) in [5.74, 6) is 1.72. The molecule has 4 heteroatoms. The third kappa shape index (κ3) is 3.37. The van der Waals surface area contributed by atoms with Crippen molar-refractivity contribution in [3.8, 4) is 11.5 Å². The second kappa shape index (κ2) is 6.70. The molecule has 2 N–H and O–H groups in total. The van der Waals surface area contributed by atoms with Crippen molar-refractivity contribution in [3.63, 3.8) is 0 Å². The molecular weight excluding hydrogens is 312 g/mol. The van der Waals surface area contributed by atoms with Gasteiger partial charge in [0, 0.05) is 43.7 Å². The Kier molecular flexibility index (Phi) is 4.40. The van der Waals surface area contributed by atoms with Crippen LogP contribution in [0.15, 0.2) is 48.5 Å². The lowest BCUT2D eigenvalue weighted by atomic mass is 9.81. The Morgan fingerprint density at radius 2 is 1.92 bits per heavy atom. The summed E-state index contributed by atoms with van der Waals surface area (Å²) in [6, 6.07) is 16.7. The summed E-state index contributed by atoms with van der Waals surface area (Å²) >= 11 is 0. The van der Waals surface area contributed by atoms with Gasteiger partial charge in [-0.1, -0.05) is 36.4 Å². The molecule has 0 aliphatic carbocycles. The molecule has 1 saturated heterocycles. The Hall–Kier alpha value is -2.04. The molecule has 2 aromatic rings. The molecule has 1 fully saturated rings. The maximum Gasteiger partial charge on any atom is 0.128 e. The van der Waals surface area contributed by atoms with E-state index < -0.39 is 0 Å². The number of hydrogen-bond acceptors (Lipinski definition) is 4. The standard InChI is InChI=1S/C21H26N2O2/c1-24-17-7-8-18-19(22)14-21(25-20(18)13-17)9-11-23(12-10-21)15-16-5-3-2-4-6-16/h2-8,13,19H,9-12,14-15,22H2,1H3. The average Bonchev–Trinajstić information content (AvgIpc) is 2.64. The molecule has 1 spiro atoms. The molecule has 0 saturated carbocycles. The first-order valence-corrected chi connectivity index (χ1v) is 9.06. The monoisotopic (exact) mass is 338 g/mol. The van der Waals surface area contributed by atoms with Gasteiger partial charge in [0.25, 0.3) is 0 Å². The fraction of sp³-hybridized carbons (Fsp3) is 0.429. The van der Waals surface area contributed by atoms with Crippen molar-refractivity contribution < 1.29 is 9.47 Å². The summed E-state index contributed by atoms with van der Waals surface area (Å²) < 4.78 is 11.8. The first-order valence-electron chi connectivity index (χ1n) is 9.06. The second-order valence-electron chi connectivity index (χ2n) is 7.26. The Morgan fingerprint density at radius 1 is 1.16 bits per heavy atom. The molecule has 0 aromatic heterocycles. The van der Waals surface area contributed by atoms with Crippen molar-refractivity contribution in [1.82, 2.24) is 4.90 Å². The van der Waals surface area contributed by atoms with Crippen LogP contribution >= 0.6 is 0 Å². The minimum Gasteiger partial charge on any atom is -0.497 e. The molecule has 2 aliphatic heterocycles. The number of nitrogens with zero attached hydrogens (tertiary/aromatic N) is 1. The lowest BCUT2D eigenvalue weighted by molar-refractivity contribution is -0.0235. The van der Waals surface area contributed by atoms with Crippen molar-refractivity contribution in [3.05, 3.63) is 59.7 Å². The van der Waals surface area contributed by atoms with Crippen LogP contribution in [0.4, 0.5) is 0 Å². The van der Waals surface area contributed by atoms with E-state index in [-0.39, 0.29) is 11.6 Å². The van der Waals surface area contributed by atoms with Gasteiger partial charge in [0.1, 0.15) is 17.1 Å². The average molecular weight is 338 g/mol. The summed E-state index contributed by atoms with van der Waals surface area (Å²) in [4.78, 5) is 2.51. The fourth-order valence-corrected chi connectivity index (χ4v) is 4.09. The van der Waals surface area contributed by atoms with Gasteiger partial charge in [0.05, 0.1) is 7.11 Å². The lowest BCUT2D eigenvalue weighted by Crippen LogP contribution is -2.51. The number of ether oxygens (including phenoxy) is 2. The Labute approximate surface area is 149 Å². The zero-order valence-electron chi connectivity index (χ0n) is 14.8. The van der Waals surface area contributed by atoms with Gasteiger partial charge in [-0.05, 0) is 24.5 Å². The first kappa shape index (κ1) is 16.4. The second-order valence-corrected chi connectivity index (χ2v) is 7.26. The third-order valence-corrected chi connectivity index (χ3v) is 5.55. The molecular formula is C21H26N2O2. The highest BCUT2D eigenvalue weighted by Crippen LogP contribution is 2.44. The van der Waals surface area contributed by atoms with E-state index in [0.29, 0.717) is 0 Å². The number of methoxy groups -OCH3 is 1. The van der Waals surface area contributed by atoms with Crippen LogP contribution in [-0.4, -0.2) is 30.7 Å². The summed E-state index contributed by atoms with van der Waals surface area (Å²) in [6.07, 6.45) is 2.93. The van der Waals surface area contributed by atoms with Crippen LogP contribution in [-0.2, 0) is 6.54 Å². The molecule has 0 bridgehead atoms. The van der Waals surface area contributed by atoms with E-state index >= 15 is 0 Å². The molecule has 1 atom stereocenters. The van der Waals surface area contributed by atoms with Crippen LogP contribution in [0, 0.1) is 0 Å². The molecule has 4 rings (SSSR count). The highest BCUT2D eigenvalue weighted by molar-refractivity contribution is 5.44. The van der Waals surface area contributed by atoms with Gasteiger partial charge in [-0.25, -0.2) is 0 Å². The minimum absolute atomic E-state index is 0.0373. The number of piperidine rings is 1. The van der Waals surface area contributed by atoms with Crippen LogP contribution in [0.2, 0.25) is 0 Å². The Balaban J connectivity index is 1.45. The van der Waals surface area contributed by atoms with Crippen molar-refractivity contribution in [2.24, 2.45) is 5.73 Å². The molecule has 132 valence electrons. The van der Waals surface area contributed by atoms with Crippen LogP contribution < -0.4 is 15.2 Å². The summed E-state index contributed by atoms with van der Waals surface area (Å²) in [5.41, 5.74) is 8.80. The van der Waals surface area contributed by atoms with E-state index in [1.54, 1.807) is 7.11 Å². The molecule has 2 aliphatic rings. The predicted molar refractivity (Wildman–Crippen MR) is 98.9 cm³/mol. The topological polar surface area (TPSA) is 47.7 Å². The maximum atomic E-state index is 6.49. The third-order valence-electron chi connectivity index (χ3n) is 5.55. The maximum absolute atomic E-state index is 6.49. The molecule has 0 radical (unpaired) electrons. The van der Waals surface area contributed by atoms with Gasteiger partial charge in [-0.15, -0.1) is 0 Å². The first-order chi connectivity index (χ1) is 12.2. The molecule has 1 unspecified atom stereocenters. The number of hydrogen-bond donors (Lipinski definition) is 1. The quantitative estimate of drug-likeness (QED) is 0.930. The fourth-order valence-electron chi connectivity index (χ4n) is 4.09. The Morgan fingerprint density at radius 3 is 2.64 bits per heavy atom. The van der Waals surface area contributed by atoms with Crippen molar-refractivity contribution >= 4 is 0 Å². The summed E-state index contributed by atoms with van der Waals surface area (Å²) in [7, 11) is 1.68. The van der Waals surface area contributed by atoms with Crippen molar-refractivity contribution in [2.75, 3.05) is 20.2 Å². The van der Waals surface area contributed by atoms with Crippen LogP contribution in [0.1, 0.15) is 36.4 Å². The number of likely N-dealkylation sites (tertiary alicyclic amines) is 1. The van der Waals surface area contributed by atoms with Crippen LogP contribution in [0.25, 0.3) is 0 Å². The van der Waals surface area contributed by atoms with Crippen molar-refractivity contribution in [2.45, 2.75) is 37.5 Å². The van der Waals surface area contributed by atoms with Crippen LogP contribution in [0.3, 0.4) is 0 Å². The normalized spacial score (nSPS) is 22.2. The molecule has 25 heavy (non-hydrogen) atoms. The number of fused-ring (bicyclic) bond motifs is 1. The Bertz CT molecular complexity index is 724. The number of nitrogens with two attached hydrogens (primary N) is 1. The molecule has 4 nitrogen and oxygen atoms in total. The van der Waals surface area contributed by atoms with Gasteiger partial charge in [0.15, 0.2) is 0 Å². The van der Waals surface area contributed by atoms with E-state index in [1.807, 2.05) is 18.2 Å². The van der Waals surface area contributed by atoms with Crippen LogP contribution in [0.5, 0.6) is 11.5 Å². The minimum atomic E-state index is -0.133. The van der Waals surface area contributed by atoms with E-state index in [0.717, 1.165) is 56.0 Å². The zero-order valence-corrected chi connectivity index (χ0v) is 14.8. The van der Waals surface area contributed by atoms with E-state index in [4.69, 9.17) is 15.2 Å². The largest absolute Gasteiger partial charge is 0.497 e. The highest BCUT2D eigenvalue weighted by Gasteiger charge is 2.42. The molecule has 0 amide bonds. The summed E-state index contributed by atoms with van der Waals surface area (Å²) in [5, 5.41) is 0. The van der Waals surface area contributed by atoms with E-state index in [9.17, 15) is 0 Å². The zero-order chi connectivity index (χ0) is 17.3. The molecule has 2 heterocycles. The number of benzene rings is 2.